The van der Waals surface area contributed by atoms with Crippen LogP contribution in [0.25, 0.3) is 84.0 Å². The summed E-state index contributed by atoms with van der Waals surface area (Å²) in [6.07, 6.45) is 4.05. The molecule has 61 heavy (non-hydrogen) atoms. The summed E-state index contributed by atoms with van der Waals surface area (Å²) in [4.78, 5) is 10.2. The first-order valence-electron chi connectivity index (χ1n) is 20.8. The lowest BCUT2D eigenvalue weighted by molar-refractivity contribution is 0.787. The van der Waals surface area contributed by atoms with Crippen LogP contribution in [0.2, 0.25) is 0 Å². The quantitative estimate of drug-likeness (QED) is 0.154. The Morgan fingerprint density at radius 3 is 1.39 bits per heavy atom. The first kappa shape index (κ1) is 36.2. The second-order valence-electron chi connectivity index (χ2n) is 15.8. The first-order valence-corrected chi connectivity index (χ1v) is 20.8. The summed E-state index contributed by atoms with van der Waals surface area (Å²) in [5.41, 5.74) is 21.3. The van der Waals surface area contributed by atoms with Crippen molar-refractivity contribution in [3.63, 3.8) is 0 Å². The summed E-state index contributed by atoms with van der Waals surface area (Å²) in [6.45, 7) is 8.66. The predicted octanol–water partition coefficient (Wildman–Crippen LogP) is 14.9. The number of rotatable bonds is 8. The summed E-state index contributed by atoms with van der Waals surface area (Å²) in [7, 11) is 0. The highest BCUT2D eigenvalue weighted by Gasteiger charge is 2.51. The minimum atomic E-state index is -0.461. The van der Waals surface area contributed by atoms with E-state index in [1.165, 1.54) is 55.6 Å². The van der Waals surface area contributed by atoms with Crippen LogP contribution in [-0.4, -0.2) is 9.97 Å². The molecule has 0 radical (unpaired) electrons. The van der Waals surface area contributed by atoms with Crippen molar-refractivity contribution in [2.24, 2.45) is 0 Å². The van der Waals surface area contributed by atoms with E-state index in [4.69, 9.17) is 9.97 Å². The zero-order valence-electron chi connectivity index (χ0n) is 33.6. The number of aromatic nitrogens is 2. The van der Waals surface area contributed by atoms with E-state index in [0.717, 1.165) is 50.3 Å². The normalized spacial score (nSPS) is 13.1. The largest absolute Gasteiger partial charge is 0.228 e. The molecule has 0 unspecified atom stereocenters. The maximum absolute atomic E-state index is 5.14. The van der Waals surface area contributed by atoms with Crippen LogP contribution >= 0.6 is 0 Å². The molecule has 2 heteroatoms. The molecule has 0 saturated heterocycles. The monoisotopic (exact) mass is 776 g/mol. The lowest BCUT2D eigenvalue weighted by Gasteiger charge is -2.31. The van der Waals surface area contributed by atoms with Crippen molar-refractivity contribution in [1.82, 2.24) is 9.97 Å². The fourth-order valence-electron chi connectivity index (χ4n) is 9.70. The van der Waals surface area contributed by atoms with Crippen LogP contribution in [0.5, 0.6) is 0 Å². The molecule has 1 heterocycles. The van der Waals surface area contributed by atoms with Crippen LogP contribution in [0, 0.1) is 0 Å². The van der Waals surface area contributed by atoms with Crippen molar-refractivity contribution in [3.8, 4) is 78.4 Å². The molecule has 8 aromatic carbocycles. The molecule has 286 valence electrons. The van der Waals surface area contributed by atoms with Crippen LogP contribution in [-0.2, 0) is 5.41 Å². The molecule has 0 atom stereocenters. The van der Waals surface area contributed by atoms with E-state index >= 15 is 0 Å². The van der Waals surface area contributed by atoms with Crippen molar-refractivity contribution < 1.29 is 0 Å². The van der Waals surface area contributed by atoms with Gasteiger partial charge in [-0.1, -0.05) is 213 Å². The number of benzene rings is 8. The number of fused-ring (bicyclic) bond motifs is 7. The summed E-state index contributed by atoms with van der Waals surface area (Å²) in [5, 5.41) is 0. The van der Waals surface area contributed by atoms with Crippen LogP contribution < -0.4 is 0 Å². The SMILES string of the molecule is C=CC1=C(C=C)C2(c3cc(-c4ccc(-c5cccc(-c6cc(-c7ccc(-c8ccccc8)cc7)nc(-c7ccccc7)n6)c5)cc4)ccc31)c1ccccc1-c1ccccc12. The molecule has 0 fully saturated rings. The summed E-state index contributed by atoms with van der Waals surface area (Å²) < 4.78 is 0. The molecule has 2 aliphatic rings. The molecule has 2 aliphatic carbocycles. The molecule has 9 aromatic rings. The molecule has 0 amide bonds. The van der Waals surface area contributed by atoms with Crippen LogP contribution in [0.15, 0.2) is 237 Å². The van der Waals surface area contributed by atoms with Gasteiger partial charge in [0.15, 0.2) is 5.82 Å². The number of hydrogen-bond donors (Lipinski definition) is 0. The van der Waals surface area contributed by atoms with Gasteiger partial charge in [0.05, 0.1) is 16.8 Å². The Morgan fingerprint density at radius 1 is 0.328 bits per heavy atom. The van der Waals surface area contributed by atoms with Gasteiger partial charge in [0, 0.05) is 16.7 Å². The molecule has 1 aromatic heterocycles. The van der Waals surface area contributed by atoms with E-state index in [0.29, 0.717) is 5.82 Å². The van der Waals surface area contributed by atoms with E-state index in [9.17, 15) is 0 Å². The predicted molar refractivity (Wildman–Crippen MR) is 254 cm³/mol. The first-order chi connectivity index (χ1) is 30.1. The van der Waals surface area contributed by atoms with E-state index in [1.54, 1.807) is 0 Å². The van der Waals surface area contributed by atoms with Crippen molar-refractivity contribution in [3.05, 3.63) is 259 Å². The highest BCUT2D eigenvalue weighted by atomic mass is 14.9. The van der Waals surface area contributed by atoms with E-state index in [2.05, 4.69) is 195 Å². The average molecular weight is 777 g/mol. The molecule has 0 bridgehead atoms. The summed E-state index contributed by atoms with van der Waals surface area (Å²) in [5.74, 6) is 0.700. The summed E-state index contributed by atoms with van der Waals surface area (Å²) in [6, 6.07) is 73.7. The van der Waals surface area contributed by atoms with Gasteiger partial charge in [0.1, 0.15) is 0 Å². The molecule has 0 saturated carbocycles. The van der Waals surface area contributed by atoms with Gasteiger partial charge in [-0.3, -0.25) is 0 Å². The fourth-order valence-corrected chi connectivity index (χ4v) is 9.70. The molecule has 11 rings (SSSR count). The second kappa shape index (κ2) is 14.7. The number of hydrogen-bond acceptors (Lipinski definition) is 2. The van der Waals surface area contributed by atoms with Crippen LogP contribution in [0.3, 0.4) is 0 Å². The van der Waals surface area contributed by atoms with Crippen molar-refractivity contribution in [2.45, 2.75) is 5.41 Å². The Bertz CT molecular complexity index is 3150. The Morgan fingerprint density at radius 2 is 0.787 bits per heavy atom. The maximum atomic E-state index is 5.14. The van der Waals surface area contributed by atoms with Gasteiger partial charge in [-0.15, -0.1) is 0 Å². The fraction of sp³-hybridized carbons (Fsp3) is 0.0169. The van der Waals surface area contributed by atoms with Gasteiger partial charge in [0.25, 0.3) is 0 Å². The van der Waals surface area contributed by atoms with Gasteiger partial charge in [-0.2, -0.15) is 0 Å². The van der Waals surface area contributed by atoms with Gasteiger partial charge in [-0.25, -0.2) is 9.97 Å². The third kappa shape index (κ3) is 5.87. The van der Waals surface area contributed by atoms with Gasteiger partial charge < -0.3 is 0 Å². The minimum absolute atomic E-state index is 0.461. The van der Waals surface area contributed by atoms with Gasteiger partial charge in [0.2, 0.25) is 0 Å². The van der Waals surface area contributed by atoms with E-state index < -0.39 is 5.41 Å². The molecular formula is C59H40N2. The number of allylic oxidation sites excluding steroid dienone is 4. The van der Waals surface area contributed by atoms with E-state index in [1.807, 2.05) is 36.4 Å². The zero-order chi connectivity index (χ0) is 40.9. The van der Waals surface area contributed by atoms with Crippen molar-refractivity contribution >= 4 is 5.57 Å². The van der Waals surface area contributed by atoms with Crippen LogP contribution in [0.1, 0.15) is 22.3 Å². The molecule has 0 aliphatic heterocycles. The van der Waals surface area contributed by atoms with Gasteiger partial charge >= 0.3 is 0 Å². The smallest absolute Gasteiger partial charge is 0.160 e. The minimum Gasteiger partial charge on any atom is -0.228 e. The topological polar surface area (TPSA) is 25.8 Å². The molecule has 0 N–H and O–H groups in total. The Labute approximate surface area is 357 Å². The maximum Gasteiger partial charge on any atom is 0.160 e. The van der Waals surface area contributed by atoms with Crippen molar-refractivity contribution in [2.75, 3.05) is 0 Å². The highest BCUT2D eigenvalue weighted by Crippen LogP contribution is 2.62. The lowest BCUT2D eigenvalue weighted by Crippen LogP contribution is -2.26. The third-order valence-corrected chi connectivity index (χ3v) is 12.5. The standard InChI is InChI=1S/C59H40N2/c1-3-48-51-35-34-46(37-55(51)59(52(48)4-2)53-24-13-11-22-49(53)50-23-12-14-25-54(50)59)42-28-26-41(27-29-42)45-20-15-21-47(36-45)57-38-56(60-58(61-57)44-18-9-6-10-19-44)43-32-30-40(31-33-43)39-16-7-5-8-17-39/h3-38H,1-2H2. The summed E-state index contributed by atoms with van der Waals surface area (Å²) >= 11 is 0. The van der Waals surface area contributed by atoms with Crippen LogP contribution in [0.4, 0.5) is 0 Å². The Hall–Kier alpha value is -7.94. The zero-order valence-corrected chi connectivity index (χ0v) is 33.6. The average Bonchev–Trinajstić information content (AvgIpc) is 3.80. The Balaban J connectivity index is 0.954. The van der Waals surface area contributed by atoms with E-state index in [-0.39, 0.29) is 0 Å². The van der Waals surface area contributed by atoms with Crippen molar-refractivity contribution in [1.29, 1.82) is 0 Å². The lowest BCUT2D eigenvalue weighted by atomic mass is 9.69. The highest BCUT2D eigenvalue weighted by molar-refractivity contribution is 5.98. The molecule has 1 spiro atoms. The molecular weight excluding hydrogens is 737 g/mol. The molecule has 2 nitrogen and oxygen atoms in total. The Kier molecular flexibility index (Phi) is 8.72. The second-order valence-corrected chi connectivity index (χ2v) is 15.8. The number of nitrogens with zero attached hydrogens (tertiary/aromatic N) is 2. The third-order valence-electron chi connectivity index (χ3n) is 12.5. The van der Waals surface area contributed by atoms with Gasteiger partial charge in [-0.05, 0) is 96.1 Å².